The Kier molecular flexibility index (Phi) is 7.09. The SMILES string of the molecule is COc1ccc(Cn2cc(-c3ccnc(NC4CCN(C)CC4)n3)c(-c3cccc([N+](=O)[O-])c3)n2)cc1. The lowest BCUT2D eigenvalue weighted by Crippen LogP contribution is -2.37. The second-order valence-corrected chi connectivity index (χ2v) is 9.23. The van der Waals surface area contributed by atoms with Gasteiger partial charge in [0.15, 0.2) is 0 Å². The fourth-order valence-electron chi connectivity index (χ4n) is 4.50. The predicted octanol–water partition coefficient (Wildman–Crippen LogP) is 4.48. The summed E-state index contributed by atoms with van der Waals surface area (Å²) < 4.78 is 7.09. The van der Waals surface area contributed by atoms with E-state index in [4.69, 9.17) is 14.8 Å². The van der Waals surface area contributed by atoms with Crippen LogP contribution in [-0.2, 0) is 6.54 Å². The third-order valence-corrected chi connectivity index (χ3v) is 6.58. The number of hydrogen-bond donors (Lipinski definition) is 1. The second kappa shape index (κ2) is 10.8. The van der Waals surface area contributed by atoms with Gasteiger partial charge in [0.1, 0.15) is 11.4 Å². The van der Waals surface area contributed by atoms with E-state index in [1.54, 1.807) is 25.4 Å². The van der Waals surface area contributed by atoms with E-state index in [2.05, 4.69) is 22.2 Å². The molecule has 0 saturated carbocycles. The van der Waals surface area contributed by atoms with Crippen LogP contribution in [0.4, 0.5) is 11.6 Å². The van der Waals surface area contributed by atoms with Crippen LogP contribution in [0.5, 0.6) is 5.75 Å². The van der Waals surface area contributed by atoms with Crippen LogP contribution in [0.1, 0.15) is 18.4 Å². The molecule has 10 heteroatoms. The summed E-state index contributed by atoms with van der Waals surface area (Å²) in [6.07, 6.45) is 5.73. The minimum Gasteiger partial charge on any atom is -0.497 e. The first kappa shape index (κ1) is 24.4. The monoisotopic (exact) mass is 499 g/mol. The quantitative estimate of drug-likeness (QED) is 0.279. The number of likely N-dealkylation sites (tertiary alicyclic amines) is 1. The van der Waals surface area contributed by atoms with Crippen LogP contribution in [0.2, 0.25) is 0 Å². The number of nitro benzene ring substituents is 1. The van der Waals surface area contributed by atoms with Crippen LogP contribution >= 0.6 is 0 Å². The first-order chi connectivity index (χ1) is 18.0. The standard InChI is InChI=1S/C27H29N7O3/c1-32-14-11-21(12-15-32)29-27-28-13-10-25(30-27)24-18-33(17-19-6-8-23(37-2)9-7-19)31-26(24)20-4-3-5-22(16-20)34(35)36/h3-10,13,16,18,21H,11-12,14-15,17H2,1-2H3,(H,28,29,30). The van der Waals surface area contributed by atoms with E-state index < -0.39 is 4.92 Å². The highest BCUT2D eigenvalue weighted by Gasteiger charge is 2.20. The number of hydrogen-bond acceptors (Lipinski definition) is 8. The molecule has 0 spiro atoms. The third kappa shape index (κ3) is 5.75. The minimum absolute atomic E-state index is 0.0143. The van der Waals surface area contributed by atoms with Gasteiger partial charge in [0.2, 0.25) is 5.95 Å². The molecule has 0 radical (unpaired) electrons. The van der Waals surface area contributed by atoms with E-state index in [9.17, 15) is 10.1 Å². The molecular weight excluding hydrogens is 470 g/mol. The van der Waals surface area contributed by atoms with Crippen molar-refractivity contribution >= 4 is 11.6 Å². The predicted molar refractivity (Wildman–Crippen MR) is 142 cm³/mol. The number of nitro groups is 1. The number of benzene rings is 2. The highest BCUT2D eigenvalue weighted by atomic mass is 16.6. The fraction of sp³-hybridized carbons (Fsp3) is 0.296. The molecule has 37 heavy (non-hydrogen) atoms. The van der Waals surface area contributed by atoms with Crippen molar-refractivity contribution in [3.8, 4) is 28.3 Å². The second-order valence-electron chi connectivity index (χ2n) is 9.23. The topological polar surface area (TPSA) is 111 Å². The number of non-ortho nitro benzene ring substituents is 1. The van der Waals surface area contributed by atoms with Gasteiger partial charge in [0.05, 0.1) is 24.3 Å². The summed E-state index contributed by atoms with van der Waals surface area (Å²) in [6.45, 7) is 2.59. The number of rotatable bonds is 8. The van der Waals surface area contributed by atoms with E-state index >= 15 is 0 Å². The zero-order valence-electron chi connectivity index (χ0n) is 20.9. The maximum Gasteiger partial charge on any atom is 0.270 e. The molecule has 0 bridgehead atoms. The number of nitrogens with zero attached hydrogens (tertiary/aromatic N) is 6. The Morgan fingerprint density at radius 3 is 2.65 bits per heavy atom. The van der Waals surface area contributed by atoms with Gasteiger partial charge in [-0.1, -0.05) is 24.3 Å². The van der Waals surface area contributed by atoms with Crippen molar-refractivity contribution < 1.29 is 9.66 Å². The molecule has 2 aromatic heterocycles. The van der Waals surface area contributed by atoms with Crippen molar-refractivity contribution in [3.05, 3.63) is 82.7 Å². The summed E-state index contributed by atoms with van der Waals surface area (Å²) in [5, 5.41) is 19.7. The zero-order valence-corrected chi connectivity index (χ0v) is 20.9. The number of anilines is 1. The van der Waals surface area contributed by atoms with Crippen molar-refractivity contribution in [2.24, 2.45) is 0 Å². The Bertz CT molecular complexity index is 1380. The normalized spacial score (nSPS) is 14.4. The minimum atomic E-state index is -0.397. The molecule has 0 amide bonds. The Morgan fingerprint density at radius 1 is 1.14 bits per heavy atom. The Labute approximate surface area is 215 Å². The number of methoxy groups -OCH3 is 1. The average Bonchev–Trinajstić information content (AvgIpc) is 3.34. The van der Waals surface area contributed by atoms with Gasteiger partial charge < -0.3 is 15.0 Å². The van der Waals surface area contributed by atoms with E-state index in [1.807, 2.05) is 47.3 Å². The molecule has 0 aliphatic carbocycles. The van der Waals surface area contributed by atoms with Crippen molar-refractivity contribution in [1.29, 1.82) is 0 Å². The lowest BCUT2D eigenvalue weighted by molar-refractivity contribution is -0.384. The third-order valence-electron chi connectivity index (χ3n) is 6.58. The van der Waals surface area contributed by atoms with Gasteiger partial charge in [-0.15, -0.1) is 0 Å². The van der Waals surface area contributed by atoms with Gasteiger partial charge in [0, 0.05) is 41.7 Å². The molecule has 1 N–H and O–H groups in total. The van der Waals surface area contributed by atoms with Crippen molar-refractivity contribution in [1.82, 2.24) is 24.6 Å². The summed E-state index contributed by atoms with van der Waals surface area (Å²) in [6, 6.07) is 16.5. The molecule has 1 aliphatic heterocycles. The molecule has 5 rings (SSSR count). The molecule has 190 valence electrons. The molecule has 10 nitrogen and oxygen atoms in total. The lowest BCUT2D eigenvalue weighted by Gasteiger charge is -2.29. The summed E-state index contributed by atoms with van der Waals surface area (Å²) in [5.41, 5.74) is 3.83. The Balaban J connectivity index is 1.49. The summed E-state index contributed by atoms with van der Waals surface area (Å²) in [7, 11) is 3.77. The van der Waals surface area contributed by atoms with Crippen molar-refractivity contribution in [2.45, 2.75) is 25.4 Å². The van der Waals surface area contributed by atoms with Crippen molar-refractivity contribution in [3.63, 3.8) is 0 Å². The van der Waals surface area contributed by atoms with Gasteiger partial charge in [-0.25, -0.2) is 9.97 Å². The maximum absolute atomic E-state index is 11.4. The molecule has 1 fully saturated rings. The highest BCUT2D eigenvalue weighted by molar-refractivity contribution is 5.79. The smallest absolute Gasteiger partial charge is 0.270 e. The number of ether oxygens (including phenoxy) is 1. The van der Waals surface area contributed by atoms with Gasteiger partial charge in [-0.05, 0) is 56.7 Å². The lowest BCUT2D eigenvalue weighted by atomic mass is 10.1. The van der Waals surface area contributed by atoms with Gasteiger partial charge in [-0.2, -0.15) is 5.10 Å². The zero-order chi connectivity index (χ0) is 25.8. The van der Waals surface area contributed by atoms with E-state index in [1.165, 1.54) is 6.07 Å². The number of piperidine rings is 1. The summed E-state index contributed by atoms with van der Waals surface area (Å²) >= 11 is 0. The molecule has 1 aliphatic rings. The van der Waals surface area contributed by atoms with Crippen LogP contribution in [0, 0.1) is 10.1 Å². The summed E-state index contributed by atoms with van der Waals surface area (Å²) in [5.74, 6) is 1.35. The van der Waals surface area contributed by atoms with Crippen LogP contribution in [0.25, 0.3) is 22.5 Å². The Morgan fingerprint density at radius 2 is 1.92 bits per heavy atom. The Hall–Kier alpha value is -4.31. The summed E-state index contributed by atoms with van der Waals surface area (Å²) in [4.78, 5) is 22.6. The molecule has 3 heterocycles. The fourth-order valence-corrected chi connectivity index (χ4v) is 4.50. The number of nitrogens with one attached hydrogen (secondary N) is 1. The number of aromatic nitrogens is 4. The van der Waals surface area contributed by atoms with Crippen LogP contribution in [-0.4, -0.2) is 62.9 Å². The van der Waals surface area contributed by atoms with E-state index in [0.29, 0.717) is 35.5 Å². The molecule has 0 atom stereocenters. The molecule has 4 aromatic rings. The van der Waals surface area contributed by atoms with E-state index in [0.717, 1.165) is 42.8 Å². The highest BCUT2D eigenvalue weighted by Crippen LogP contribution is 2.32. The molecule has 1 saturated heterocycles. The van der Waals surface area contributed by atoms with Gasteiger partial charge in [0.25, 0.3) is 5.69 Å². The van der Waals surface area contributed by atoms with Gasteiger partial charge >= 0.3 is 0 Å². The maximum atomic E-state index is 11.4. The first-order valence-electron chi connectivity index (χ1n) is 12.2. The average molecular weight is 500 g/mol. The molecule has 2 aromatic carbocycles. The van der Waals surface area contributed by atoms with E-state index in [-0.39, 0.29) is 5.69 Å². The largest absolute Gasteiger partial charge is 0.497 e. The van der Waals surface area contributed by atoms with Crippen LogP contribution < -0.4 is 10.1 Å². The van der Waals surface area contributed by atoms with Gasteiger partial charge in [-0.3, -0.25) is 14.8 Å². The van der Waals surface area contributed by atoms with Crippen molar-refractivity contribution in [2.75, 3.05) is 32.6 Å². The van der Waals surface area contributed by atoms with Crippen LogP contribution in [0.15, 0.2) is 67.0 Å². The first-order valence-corrected chi connectivity index (χ1v) is 12.2. The molecule has 0 unspecified atom stereocenters. The molecular formula is C27H29N7O3. The van der Waals surface area contributed by atoms with Crippen LogP contribution in [0.3, 0.4) is 0 Å².